The molecule has 120 valence electrons. The van der Waals surface area contributed by atoms with Gasteiger partial charge in [-0.3, -0.25) is 4.79 Å². The van der Waals surface area contributed by atoms with Crippen molar-refractivity contribution in [3.63, 3.8) is 0 Å². The van der Waals surface area contributed by atoms with Crippen LogP contribution in [0.15, 0.2) is 24.3 Å². The van der Waals surface area contributed by atoms with Crippen LogP contribution in [0.3, 0.4) is 0 Å². The van der Waals surface area contributed by atoms with Crippen molar-refractivity contribution >= 4 is 18.3 Å². The summed E-state index contributed by atoms with van der Waals surface area (Å²) in [6, 6.07) is 8.50. The summed E-state index contributed by atoms with van der Waals surface area (Å²) in [5.41, 5.74) is 8.48. The fraction of sp³-hybridized carbons (Fsp3) is 0.588. The van der Waals surface area contributed by atoms with E-state index in [9.17, 15) is 4.79 Å². The molecule has 1 aromatic carbocycles. The van der Waals surface area contributed by atoms with E-state index in [2.05, 4.69) is 39.0 Å². The molecule has 0 saturated carbocycles. The van der Waals surface area contributed by atoms with Gasteiger partial charge in [0.1, 0.15) is 0 Å². The minimum Gasteiger partial charge on any atom is -0.346 e. The molecule has 0 spiro atoms. The number of nitrogens with two attached hydrogens (primary N) is 1. The lowest BCUT2D eigenvalue weighted by Gasteiger charge is -2.21. The van der Waals surface area contributed by atoms with Crippen molar-refractivity contribution in [2.75, 3.05) is 13.6 Å². The van der Waals surface area contributed by atoms with Crippen LogP contribution in [0.5, 0.6) is 0 Å². The summed E-state index contributed by atoms with van der Waals surface area (Å²) in [6.07, 6.45) is 2.24. The Morgan fingerprint density at radius 1 is 1.33 bits per heavy atom. The number of aryl methyl sites for hydroxylation is 2. The number of halogens is 1. The number of carbonyl (C=O) groups excluding carboxylic acids is 1. The van der Waals surface area contributed by atoms with Crippen LogP contribution in [0.2, 0.25) is 0 Å². The molecule has 1 rings (SSSR count). The Morgan fingerprint density at radius 3 is 2.57 bits per heavy atom. The molecule has 0 aliphatic rings. The molecular weight excluding hydrogens is 284 g/mol. The first-order valence-electron chi connectivity index (χ1n) is 7.45. The lowest BCUT2D eigenvalue weighted by molar-refractivity contribution is -0.129. The Bertz CT molecular complexity index is 435. The van der Waals surface area contributed by atoms with Crippen molar-refractivity contribution < 1.29 is 4.79 Å². The van der Waals surface area contributed by atoms with Gasteiger partial charge in [0.25, 0.3) is 0 Å². The maximum absolute atomic E-state index is 12.1. The van der Waals surface area contributed by atoms with Crippen molar-refractivity contribution in [1.82, 2.24) is 4.90 Å². The lowest BCUT2D eigenvalue weighted by atomic mass is 10.0. The molecule has 1 amide bonds. The number of nitrogens with zero attached hydrogens (tertiary/aromatic N) is 1. The molecule has 21 heavy (non-hydrogen) atoms. The zero-order chi connectivity index (χ0) is 15.1. The van der Waals surface area contributed by atoms with Gasteiger partial charge in [-0.2, -0.15) is 0 Å². The second-order valence-electron chi connectivity index (χ2n) is 6.00. The normalized spacial score (nSPS) is 11.9. The van der Waals surface area contributed by atoms with E-state index in [0.717, 1.165) is 19.4 Å². The van der Waals surface area contributed by atoms with Gasteiger partial charge in [-0.05, 0) is 31.2 Å². The third kappa shape index (κ3) is 7.49. The zero-order valence-electron chi connectivity index (χ0n) is 13.6. The van der Waals surface area contributed by atoms with Crippen molar-refractivity contribution in [2.45, 2.75) is 46.1 Å². The number of hydrogen-bond donors (Lipinski definition) is 1. The minimum atomic E-state index is 0. The number of carbonyl (C=O) groups is 1. The molecule has 1 unspecified atom stereocenters. The standard InChI is InChI=1S/C17H28N2O.ClH/c1-13(2)16(18)10-11-19(4)17(20)9-8-15-7-5-6-14(3)12-15;/h5-7,12-13,16H,8-11,18H2,1-4H3;1H. The van der Waals surface area contributed by atoms with E-state index in [0.29, 0.717) is 12.3 Å². The molecule has 0 saturated heterocycles. The second-order valence-corrected chi connectivity index (χ2v) is 6.00. The van der Waals surface area contributed by atoms with E-state index in [1.165, 1.54) is 11.1 Å². The fourth-order valence-corrected chi connectivity index (χ4v) is 2.11. The first kappa shape index (κ1) is 19.9. The van der Waals surface area contributed by atoms with Crippen LogP contribution in [-0.4, -0.2) is 30.4 Å². The highest BCUT2D eigenvalue weighted by Gasteiger charge is 2.12. The molecule has 0 aliphatic carbocycles. The molecule has 2 N–H and O–H groups in total. The SMILES string of the molecule is Cc1cccc(CCC(=O)N(C)CCC(N)C(C)C)c1.Cl. The average molecular weight is 313 g/mol. The lowest BCUT2D eigenvalue weighted by Crippen LogP contribution is -2.34. The van der Waals surface area contributed by atoms with E-state index in [4.69, 9.17) is 5.73 Å². The van der Waals surface area contributed by atoms with E-state index >= 15 is 0 Å². The summed E-state index contributed by atoms with van der Waals surface area (Å²) in [5, 5.41) is 0. The van der Waals surface area contributed by atoms with Gasteiger partial charge in [0.15, 0.2) is 0 Å². The van der Waals surface area contributed by atoms with E-state index in [1.807, 2.05) is 13.1 Å². The molecule has 1 atom stereocenters. The molecule has 0 aliphatic heterocycles. The molecular formula is C17H29ClN2O. The highest BCUT2D eigenvalue weighted by Crippen LogP contribution is 2.09. The highest BCUT2D eigenvalue weighted by molar-refractivity contribution is 5.85. The van der Waals surface area contributed by atoms with Crippen LogP contribution in [0.4, 0.5) is 0 Å². The first-order chi connectivity index (χ1) is 9.40. The summed E-state index contributed by atoms with van der Waals surface area (Å²) in [4.78, 5) is 13.9. The fourth-order valence-electron chi connectivity index (χ4n) is 2.11. The van der Waals surface area contributed by atoms with Crippen LogP contribution in [0.1, 0.15) is 37.8 Å². The molecule has 3 nitrogen and oxygen atoms in total. The van der Waals surface area contributed by atoms with Gasteiger partial charge >= 0.3 is 0 Å². The van der Waals surface area contributed by atoms with Gasteiger partial charge in [0, 0.05) is 26.1 Å². The van der Waals surface area contributed by atoms with Crippen molar-refractivity contribution in [3.05, 3.63) is 35.4 Å². The monoisotopic (exact) mass is 312 g/mol. The highest BCUT2D eigenvalue weighted by atomic mass is 35.5. The van der Waals surface area contributed by atoms with E-state index < -0.39 is 0 Å². The first-order valence-corrected chi connectivity index (χ1v) is 7.45. The summed E-state index contributed by atoms with van der Waals surface area (Å²) >= 11 is 0. The molecule has 0 bridgehead atoms. The van der Waals surface area contributed by atoms with Crippen LogP contribution in [0.25, 0.3) is 0 Å². The minimum absolute atomic E-state index is 0. The topological polar surface area (TPSA) is 46.3 Å². The molecule has 0 heterocycles. The summed E-state index contributed by atoms with van der Waals surface area (Å²) in [6.45, 7) is 7.05. The number of benzene rings is 1. The van der Waals surface area contributed by atoms with E-state index in [-0.39, 0.29) is 24.4 Å². The summed E-state index contributed by atoms with van der Waals surface area (Å²) in [5.74, 6) is 0.660. The summed E-state index contributed by atoms with van der Waals surface area (Å²) in [7, 11) is 1.87. The number of hydrogen-bond acceptors (Lipinski definition) is 2. The largest absolute Gasteiger partial charge is 0.346 e. The van der Waals surface area contributed by atoms with Gasteiger partial charge in [-0.25, -0.2) is 0 Å². The zero-order valence-corrected chi connectivity index (χ0v) is 14.5. The molecule has 0 aromatic heterocycles. The van der Waals surface area contributed by atoms with Gasteiger partial charge in [-0.1, -0.05) is 43.7 Å². The number of rotatable bonds is 7. The van der Waals surface area contributed by atoms with Crippen molar-refractivity contribution in [1.29, 1.82) is 0 Å². The Hall–Kier alpha value is -1.06. The van der Waals surface area contributed by atoms with Crippen molar-refractivity contribution in [3.8, 4) is 0 Å². The molecule has 0 fully saturated rings. The van der Waals surface area contributed by atoms with Gasteiger partial charge in [0.05, 0.1) is 0 Å². The van der Waals surface area contributed by atoms with E-state index in [1.54, 1.807) is 4.90 Å². The Kier molecular flexibility index (Phi) is 9.31. The predicted molar refractivity (Wildman–Crippen MR) is 91.8 cm³/mol. The predicted octanol–water partition coefficient (Wildman–Crippen LogP) is 3.18. The summed E-state index contributed by atoms with van der Waals surface area (Å²) < 4.78 is 0. The third-order valence-electron chi connectivity index (χ3n) is 3.79. The molecule has 1 aromatic rings. The average Bonchev–Trinajstić information content (AvgIpc) is 2.41. The van der Waals surface area contributed by atoms with Crippen LogP contribution in [0, 0.1) is 12.8 Å². The van der Waals surface area contributed by atoms with Crippen LogP contribution in [-0.2, 0) is 11.2 Å². The molecule has 4 heteroatoms. The van der Waals surface area contributed by atoms with Gasteiger partial charge in [-0.15, -0.1) is 12.4 Å². The Labute approximate surface area is 135 Å². The molecule has 0 radical (unpaired) electrons. The second kappa shape index (κ2) is 9.80. The maximum atomic E-state index is 12.1. The van der Waals surface area contributed by atoms with Crippen LogP contribution < -0.4 is 5.73 Å². The Morgan fingerprint density at radius 2 is 2.00 bits per heavy atom. The Balaban J connectivity index is 0.00000400. The van der Waals surface area contributed by atoms with Crippen LogP contribution >= 0.6 is 12.4 Å². The van der Waals surface area contributed by atoms with Gasteiger partial charge in [0.2, 0.25) is 5.91 Å². The maximum Gasteiger partial charge on any atom is 0.222 e. The smallest absolute Gasteiger partial charge is 0.222 e. The third-order valence-corrected chi connectivity index (χ3v) is 3.79. The van der Waals surface area contributed by atoms with Crippen molar-refractivity contribution in [2.24, 2.45) is 11.7 Å². The quantitative estimate of drug-likeness (QED) is 0.840. The number of amides is 1. The van der Waals surface area contributed by atoms with Gasteiger partial charge < -0.3 is 10.6 Å².